The molecule has 1 saturated heterocycles. The van der Waals surface area contributed by atoms with E-state index in [-0.39, 0.29) is 17.9 Å². The monoisotopic (exact) mass is 330 g/mol. The van der Waals surface area contributed by atoms with E-state index in [9.17, 15) is 9.59 Å². The predicted molar refractivity (Wildman–Crippen MR) is 88.2 cm³/mol. The van der Waals surface area contributed by atoms with Crippen molar-refractivity contribution in [1.82, 2.24) is 14.9 Å². The minimum Gasteiger partial charge on any atom is -0.367 e. The van der Waals surface area contributed by atoms with Gasteiger partial charge in [-0.05, 0) is 37.1 Å². The SMILES string of the molecule is O=C1CCC(=O)N1C1CCC(Nc2ncnc3sccc23)CC1. The first kappa shape index (κ1) is 14.6. The number of imide groups is 1. The van der Waals surface area contributed by atoms with Gasteiger partial charge in [0.1, 0.15) is 17.0 Å². The van der Waals surface area contributed by atoms with Gasteiger partial charge in [-0.15, -0.1) is 11.3 Å². The zero-order chi connectivity index (χ0) is 15.8. The van der Waals surface area contributed by atoms with E-state index in [4.69, 9.17) is 0 Å². The summed E-state index contributed by atoms with van der Waals surface area (Å²) < 4.78 is 0. The molecule has 2 aromatic rings. The molecule has 0 unspecified atom stereocenters. The Balaban J connectivity index is 1.41. The first-order valence-electron chi connectivity index (χ1n) is 8.02. The summed E-state index contributed by atoms with van der Waals surface area (Å²) in [7, 11) is 0. The number of amides is 2. The van der Waals surface area contributed by atoms with Gasteiger partial charge >= 0.3 is 0 Å². The number of likely N-dealkylation sites (tertiary alicyclic amines) is 1. The number of anilines is 1. The Morgan fingerprint density at radius 3 is 2.57 bits per heavy atom. The number of carbonyl (C=O) groups excluding carboxylic acids is 2. The molecule has 1 N–H and O–H groups in total. The molecule has 0 spiro atoms. The highest BCUT2D eigenvalue weighted by atomic mass is 32.1. The highest BCUT2D eigenvalue weighted by Gasteiger charge is 2.36. The van der Waals surface area contributed by atoms with Crippen LogP contribution >= 0.6 is 11.3 Å². The summed E-state index contributed by atoms with van der Waals surface area (Å²) in [6, 6.07) is 2.45. The molecule has 6 nitrogen and oxygen atoms in total. The van der Waals surface area contributed by atoms with Crippen LogP contribution in [0.5, 0.6) is 0 Å². The van der Waals surface area contributed by atoms with E-state index in [1.807, 2.05) is 11.4 Å². The van der Waals surface area contributed by atoms with E-state index < -0.39 is 0 Å². The number of hydrogen-bond donors (Lipinski definition) is 1. The molecule has 7 heteroatoms. The molecule has 0 bridgehead atoms. The molecule has 0 radical (unpaired) electrons. The number of hydrogen-bond acceptors (Lipinski definition) is 6. The Bertz CT molecular complexity index is 735. The lowest BCUT2D eigenvalue weighted by Gasteiger charge is -2.34. The van der Waals surface area contributed by atoms with Crippen LogP contribution in [0.25, 0.3) is 10.2 Å². The molecule has 1 saturated carbocycles. The summed E-state index contributed by atoms with van der Waals surface area (Å²) in [6.07, 6.45) is 5.98. The number of nitrogens with zero attached hydrogens (tertiary/aromatic N) is 3. The maximum absolute atomic E-state index is 11.8. The van der Waals surface area contributed by atoms with Crippen molar-refractivity contribution in [2.24, 2.45) is 0 Å². The van der Waals surface area contributed by atoms with Gasteiger partial charge in [-0.25, -0.2) is 9.97 Å². The van der Waals surface area contributed by atoms with E-state index in [2.05, 4.69) is 15.3 Å². The molecule has 1 aliphatic carbocycles. The summed E-state index contributed by atoms with van der Waals surface area (Å²) >= 11 is 1.61. The van der Waals surface area contributed by atoms with E-state index >= 15 is 0 Å². The van der Waals surface area contributed by atoms with Crippen LogP contribution in [0, 0.1) is 0 Å². The molecule has 120 valence electrons. The van der Waals surface area contributed by atoms with Gasteiger partial charge in [-0.1, -0.05) is 0 Å². The number of fused-ring (bicyclic) bond motifs is 1. The van der Waals surface area contributed by atoms with E-state index in [1.54, 1.807) is 17.7 Å². The Morgan fingerprint density at radius 1 is 1.09 bits per heavy atom. The van der Waals surface area contributed by atoms with E-state index in [0.717, 1.165) is 41.7 Å². The molecule has 2 fully saturated rings. The zero-order valence-corrected chi connectivity index (χ0v) is 13.5. The number of thiophene rings is 1. The van der Waals surface area contributed by atoms with Crippen LogP contribution in [-0.2, 0) is 9.59 Å². The summed E-state index contributed by atoms with van der Waals surface area (Å²) in [4.78, 5) is 34.8. The van der Waals surface area contributed by atoms with Crippen LogP contribution in [0.15, 0.2) is 17.8 Å². The van der Waals surface area contributed by atoms with Crippen molar-refractivity contribution >= 4 is 39.2 Å². The Hall–Kier alpha value is -2.02. The maximum atomic E-state index is 11.8. The molecular formula is C16H18N4O2S. The molecule has 0 aromatic carbocycles. The Labute approximate surface area is 137 Å². The molecule has 2 aromatic heterocycles. The van der Waals surface area contributed by atoms with Crippen molar-refractivity contribution in [3.05, 3.63) is 17.8 Å². The van der Waals surface area contributed by atoms with E-state index in [1.165, 1.54) is 4.90 Å². The predicted octanol–water partition coefficient (Wildman–Crippen LogP) is 2.56. The molecular weight excluding hydrogens is 312 g/mol. The minimum absolute atomic E-state index is 0.00203. The lowest BCUT2D eigenvalue weighted by Crippen LogP contribution is -2.43. The van der Waals surface area contributed by atoms with Crippen molar-refractivity contribution in [1.29, 1.82) is 0 Å². The normalized spacial score (nSPS) is 25.3. The molecule has 2 aliphatic rings. The third-order valence-electron chi connectivity index (χ3n) is 4.75. The van der Waals surface area contributed by atoms with Gasteiger partial charge in [-0.2, -0.15) is 0 Å². The van der Waals surface area contributed by atoms with Crippen molar-refractivity contribution in [2.45, 2.75) is 50.6 Å². The lowest BCUT2D eigenvalue weighted by molar-refractivity contribution is -0.141. The summed E-state index contributed by atoms with van der Waals surface area (Å²) in [6.45, 7) is 0. The number of rotatable bonds is 3. The summed E-state index contributed by atoms with van der Waals surface area (Å²) in [5.41, 5.74) is 0. The molecule has 1 aliphatic heterocycles. The van der Waals surface area contributed by atoms with Gasteiger partial charge in [0, 0.05) is 24.9 Å². The van der Waals surface area contributed by atoms with Crippen LogP contribution in [0.4, 0.5) is 5.82 Å². The standard InChI is InChI=1S/C16H18N4O2S/c21-13-5-6-14(22)20(13)11-3-1-10(2-4-11)19-15-12-7-8-23-16(12)18-9-17-15/h7-11H,1-6H2,(H,17,18,19). The third kappa shape index (κ3) is 2.69. The van der Waals surface area contributed by atoms with Gasteiger partial charge < -0.3 is 5.32 Å². The highest BCUT2D eigenvalue weighted by molar-refractivity contribution is 7.16. The van der Waals surface area contributed by atoms with Gasteiger partial charge in [0.05, 0.1) is 5.39 Å². The number of nitrogens with one attached hydrogen (secondary N) is 1. The lowest BCUT2D eigenvalue weighted by atomic mass is 9.90. The van der Waals surface area contributed by atoms with Gasteiger partial charge in [-0.3, -0.25) is 14.5 Å². The van der Waals surface area contributed by atoms with Crippen LogP contribution < -0.4 is 5.32 Å². The van der Waals surface area contributed by atoms with Gasteiger partial charge in [0.25, 0.3) is 0 Å². The fourth-order valence-corrected chi connectivity index (χ4v) is 4.31. The van der Waals surface area contributed by atoms with Gasteiger partial charge in [0.15, 0.2) is 0 Å². The average molecular weight is 330 g/mol. The fourth-order valence-electron chi connectivity index (χ4n) is 3.58. The van der Waals surface area contributed by atoms with Crippen molar-refractivity contribution in [2.75, 3.05) is 5.32 Å². The van der Waals surface area contributed by atoms with Crippen LogP contribution in [0.2, 0.25) is 0 Å². The largest absolute Gasteiger partial charge is 0.367 e. The third-order valence-corrected chi connectivity index (χ3v) is 5.58. The molecule has 3 heterocycles. The van der Waals surface area contributed by atoms with Crippen LogP contribution in [0.1, 0.15) is 38.5 Å². The topological polar surface area (TPSA) is 75.2 Å². The average Bonchev–Trinajstić information content (AvgIpc) is 3.16. The highest BCUT2D eigenvalue weighted by Crippen LogP contribution is 2.30. The number of carbonyl (C=O) groups is 2. The Morgan fingerprint density at radius 2 is 1.83 bits per heavy atom. The zero-order valence-electron chi connectivity index (χ0n) is 12.7. The Kier molecular flexibility index (Phi) is 3.72. The quantitative estimate of drug-likeness (QED) is 0.876. The maximum Gasteiger partial charge on any atom is 0.229 e. The first-order valence-corrected chi connectivity index (χ1v) is 8.90. The van der Waals surface area contributed by atoms with Crippen molar-refractivity contribution < 1.29 is 9.59 Å². The molecule has 0 atom stereocenters. The smallest absolute Gasteiger partial charge is 0.229 e. The molecule has 4 rings (SSSR count). The number of aromatic nitrogens is 2. The molecule has 23 heavy (non-hydrogen) atoms. The van der Waals surface area contributed by atoms with Crippen LogP contribution in [-0.4, -0.2) is 38.8 Å². The second-order valence-corrected chi connectivity index (χ2v) is 7.06. The molecule has 2 amide bonds. The van der Waals surface area contributed by atoms with Gasteiger partial charge in [0.2, 0.25) is 11.8 Å². The van der Waals surface area contributed by atoms with E-state index in [0.29, 0.717) is 18.9 Å². The van der Waals surface area contributed by atoms with Crippen molar-refractivity contribution in [3.8, 4) is 0 Å². The fraction of sp³-hybridized carbons (Fsp3) is 0.500. The minimum atomic E-state index is 0.00203. The van der Waals surface area contributed by atoms with Crippen LogP contribution in [0.3, 0.4) is 0 Å². The summed E-state index contributed by atoms with van der Waals surface area (Å²) in [5.74, 6) is 0.886. The summed E-state index contributed by atoms with van der Waals surface area (Å²) in [5, 5.41) is 6.59. The van der Waals surface area contributed by atoms with Crippen molar-refractivity contribution in [3.63, 3.8) is 0 Å². The first-order chi connectivity index (χ1) is 11.2. The second kappa shape index (κ2) is 5.88. The second-order valence-electron chi connectivity index (χ2n) is 6.17.